The van der Waals surface area contributed by atoms with Gasteiger partial charge in [-0.05, 0) is 23.8 Å². The molecule has 0 radical (unpaired) electrons. The molecular weight excluding hydrogens is 200 g/mol. The minimum atomic E-state index is -0.371. The number of carbonyl (C=O) groups is 1. The van der Waals surface area contributed by atoms with E-state index in [4.69, 9.17) is 4.74 Å². The molecule has 2 atom stereocenters. The van der Waals surface area contributed by atoms with Gasteiger partial charge in [0.05, 0.1) is 12.5 Å². The van der Waals surface area contributed by atoms with Crippen LogP contribution in [0.4, 0.5) is 0 Å². The molecule has 1 aromatic rings. The first-order valence-corrected chi connectivity index (χ1v) is 5.77. The number of esters is 1. The van der Waals surface area contributed by atoms with Gasteiger partial charge in [0.1, 0.15) is 0 Å². The van der Waals surface area contributed by atoms with Crippen molar-refractivity contribution >= 4 is 5.97 Å². The largest absolute Gasteiger partial charge is 0.468 e. The molecule has 1 saturated carbocycles. The minimum Gasteiger partial charge on any atom is -0.468 e. The Morgan fingerprint density at radius 1 is 1.38 bits per heavy atom. The van der Waals surface area contributed by atoms with E-state index >= 15 is 0 Å². The number of rotatable bonds is 3. The van der Waals surface area contributed by atoms with Gasteiger partial charge in [-0.25, -0.2) is 0 Å². The molecule has 1 aliphatic carbocycles. The van der Waals surface area contributed by atoms with Gasteiger partial charge in [-0.3, -0.25) is 4.79 Å². The van der Waals surface area contributed by atoms with Crippen molar-refractivity contribution in [2.24, 2.45) is 11.8 Å². The predicted octanol–water partition coefficient (Wildman–Crippen LogP) is 2.77. The third-order valence-corrected chi connectivity index (χ3v) is 3.66. The zero-order valence-corrected chi connectivity index (χ0v) is 10.1. The highest BCUT2D eigenvalue weighted by atomic mass is 16.5. The number of methoxy groups -OCH3 is 1. The number of ether oxygens (including phenoxy) is 1. The number of hydrogen-bond donors (Lipinski definition) is 0. The molecule has 86 valence electrons. The van der Waals surface area contributed by atoms with Crippen LogP contribution in [0.25, 0.3) is 0 Å². The lowest BCUT2D eigenvalue weighted by Crippen LogP contribution is -2.25. The van der Waals surface area contributed by atoms with Gasteiger partial charge in [-0.2, -0.15) is 0 Å². The summed E-state index contributed by atoms with van der Waals surface area (Å²) in [6, 6.07) is 9.99. The van der Waals surface area contributed by atoms with E-state index in [0.29, 0.717) is 11.8 Å². The average Bonchev–Trinajstić information content (AvgIpc) is 3.06. The van der Waals surface area contributed by atoms with Crippen molar-refractivity contribution in [3.8, 4) is 0 Å². The first-order valence-electron chi connectivity index (χ1n) is 5.77. The van der Waals surface area contributed by atoms with Crippen molar-refractivity contribution < 1.29 is 9.53 Å². The molecule has 0 amide bonds. The monoisotopic (exact) mass is 218 g/mol. The summed E-state index contributed by atoms with van der Waals surface area (Å²) in [5.74, 6) is 0.846. The van der Waals surface area contributed by atoms with E-state index in [9.17, 15) is 4.79 Å². The Kier molecular flexibility index (Phi) is 2.75. The van der Waals surface area contributed by atoms with Crippen molar-refractivity contribution in [3.63, 3.8) is 0 Å². The molecule has 2 nitrogen and oxygen atoms in total. The van der Waals surface area contributed by atoms with Crippen LogP contribution >= 0.6 is 0 Å². The van der Waals surface area contributed by atoms with Crippen molar-refractivity contribution in [1.82, 2.24) is 0 Å². The number of benzene rings is 1. The highest BCUT2D eigenvalue weighted by Gasteiger charge is 2.62. The van der Waals surface area contributed by atoms with Crippen LogP contribution in [-0.2, 0) is 14.9 Å². The Balaban J connectivity index is 2.36. The molecule has 0 spiro atoms. The van der Waals surface area contributed by atoms with E-state index < -0.39 is 0 Å². The lowest BCUT2D eigenvalue weighted by molar-refractivity contribution is -0.144. The first kappa shape index (κ1) is 11.2. The molecule has 2 rings (SSSR count). The lowest BCUT2D eigenvalue weighted by atomic mass is 9.89. The second kappa shape index (κ2) is 3.93. The van der Waals surface area contributed by atoms with Gasteiger partial charge in [-0.15, -0.1) is 0 Å². The maximum Gasteiger partial charge on any atom is 0.316 e. The van der Waals surface area contributed by atoms with E-state index in [-0.39, 0.29) is 11.4 Å². The number of hydrogen-bond acceptors (Lipinski definition) is 2. The second-order valence-electron chi connectivity index (χ2n) is 4.88. The Morgan fingerprint density at radius 2 is 2.00 bits per heavy atom. The van der Waals surface area contributed by atoms with E-state index in [1.165, 1.54) is 7.11 Å². The summed E-state index contributed by atoms with van der Waals surface area (Å²) in [5, 5.41) is 0. The van der Waals surface area contributed by atoms with Crippen molar-refractivity contribution in [3.05, 3.63) is 35.9 Å². The highest BCUT2D eigenvalue weighted by molar-refractivity contribution is 5.87. The maximum atomic E-state index is 12.0. The third kappa shape index (κ3) is 1.53. The summed E-state index contributed by atoms with van der Waals surface area (Å²) >= 11 is 0. The SMILES string of the molecule is COC(=O)[C@@]1(c2ccccc2)C[C@H]1C(C)C. The molecule has 0 aromatic heterocycles. The van der Waals surface area contributed by atoms with Crippen LogP contribution in [0.3, 0.4) is 0 Å². The third-order valence-electron chi connectivity index (χ3n) is 3.66. The molecule has 1 aromatic carbocycles. The van der Waals surface area contributed by atoms with Gasteiger partial charge >= 0.3 is 5.97 Å². The summed E-state index contributed by atoms with van der Waals surface area (Å²) in [7, 11) is 1.47. The van der Waals surface area contributed by atoms with Crippen molar-refractivity contribution in [2.45, 2.75) is 25.7 Å². The standard InChI is InChI=1S/C14H18O2/c1-10(2)12-9-14(12,13(15)16-3)11-7-5-4-6-8-11/h4-8,10,12H,9H2,1-3H3/t12-,14+/m0/s1. The van der Waals surface area contributed by atoms with Gasteiger partial charge < -0.3 is 4.74 Å². The van der Waals surface area contributed by atoms with Crippen LogP contribution in [0.2, 0.25) is 0 Å². The van der Waals surface area contributed by atoms with Crippen LogP contribution in [0.15, 0.2) is 30.3 Å². The van der Waals surface area contributed by atoms with Crippen LogP contribution in [-0.4, -0.2) is 13.1 Å². The molecule has 2 heteroatoms. The van der Waals surface area contributed by atoms with Gasteiger partial charge in [-0.1, -0.05) is 44.2 Å². The maximum absolute atomic E-state index is 12.0. The normalized spacial score (nSPS) is 27.9. The van der Waals surface area contributed by atoms with Crippen LogP contribution in [0.5, 0.6) is 0 Å². The zero-order chi connectivity index (χ0) is 11.8. The summed E-state index contributed by atoms with van der Waals surface area (Å²) in [6.07, 6.45) is 0.918. The molecule has 0 saturated heterocycles. The molecule has 0 N–H and O–H groups in total. The highest BCUT2D eigenvalue weighted by Crippen LogP contribution is 2.58. The van der Waals surface area contributed by atoms with E-state index in [1.54, 1.807) is 0 Å². The Morgan fingerprint density at radius 3 is 2.44 bits per heavy atom. The van der Waals surface area contributed by atoms with Crippen LogP contribution in [0.1, 0.15) is 25.8 Å². The molecular formula is C14H18O2. The fourth-order valence-corrected chi connectivity index (χ4v) is 2.69. The fraction of sp³-hybridized carbons (Fsp3) is 0.500. The van der Waals surface area contributed by atoms with Crippen LogP contribution in [0, 0.1) is 11.8 Å². The summed E-state index contributed by atoms with van der Waals surface area (Å²) in [5.41, 5.74) is 0.727. The van der Waals surface area contributed by atoms with Gasteiger partial charge in [0, 0.05) is 0 Å². The van der Waals surface area contributed by atoms with Crippen LogP contribution < -0.4 is 0 Å². The average molecular weight is 218 g/mol. The van der Waals surface area contributed by atoms with Gasteiger partial charge in [0.2, 0.25) is 0 Å². The summed E-state index contributed by atoms with van der Waals surface area (Å²) in [4.78, 5) is 12.0. The Hall–Kier alpha value is -1.31. The first-order chi connectivity index (χ1) is 7.63. The fourth-order valence-electron chi connectivity index (χ4n) is 2.69. The Labute approximate surface area is 96.6 Å². The lowest BCUT2D eigenvalue weighted by Gasteiger charge is -2.17. The second-order valence-corrected chi connectivity index (χ2v) is 4.88. The van der Waals surface area contributed by atoms with E-state index in [1.807, 2.05) is 30.3 Å². The quantitative estimate of drug-likeness (QED) is 0.729. The van der Waals surface area contributed by atoms with Crippen molar-refractivity contribution in [2.75, 3.05) is 7.11 Å². The summed E-state index contributed by atoms with van der Waals surface area (Å²) in [6.45, 7) is 4.33. The summed E-state index contributed by atoms with van der Waals surface area (Å²) < 4.78 is 4.97. The molecule has 0 aliphatic heterocycles. The topological polar surface area (TPSA) is 26.3 Å². The smallest absolute Gasteiger partial charge is 0.316 e. The van der Waals surface area contributed by atoms with Crippen molar-refractivity contribution in [1.29, 1.82) is 0 Å². The number of carbonyl (C=O) groups excluding carboxylic acids is 1. The zero-order valence-electron chi connectivity index (χ0n) is 10.1. The Bertz CT molecular complexity index is 383. The molecule has 0 unspecified atom stereocenters. The van der Waals surface area contributed by atoms with Gasteiger partial charge in [0.25, 0.3) is 0 Å². The molecule has 16 heavy (non-hydrogen) atoms. The molecule has 1 aliphatic rings. The minimum absolute atomic E-state index is 0.0857. The van der Waals surface area contributed by atoms with E-state index in [0.717, 1.165) is 12.0 Å². The van der Waals surface area contributed by atoms with Gasteiger partial charge in [0.15, 0.2) is 0 Å². The predicted molar refractivity (Wildman–Crippen MR) is 63.1 cm³/mol. The van der Waals surface area contributed by atoms with E-state index in [2.05, 4.69) is 13.8 Å². The molecule has 0 heterocycles. The molecule has 1 fully saturated rings. The molecule has 0 bridgehead atoms.